The lowest BCUT2D eigenvalue weighted by molar-refractivity contribution is -0.119. The van der Waals surface area contributed by atoms with Crippen LogP contribution < -0.4 is 11.1 Å². The first-order valence-corrected chi connectivity index (χ1v) is 7.39. The van der Waals surface area contributed by atoms with Crippen molar-refractivity contribution in [2.24, 2.45) is 11.7 Å². The molecule has 2 unspecified atom stereocenters. The van der Waals surface area contributed by atoms with Crippen molar-refractivity contribution in [3.8, 4) is 10.6 Å². The molecule has 2 atom stereocenters. The SMILES string of the molecule is CC(N)C(C)C(=O)Nc1nc(-c2cccs2)cs1.Cl. The molecule has 2 aromatic rings. The van der Waals surface area contributed by atoms with Gasteiger partial charge in [0.1, 0.15) is 0 Å². The van der Waals surface area contributed by atoms with Crippen molar-refractivity contribution in [2.45, 2.75) is 19.9 Å². The van der Waals surface area contributed by atoms with Crippen LogP contribution in [0.15, 0.2) is 22.9 Å². The highest BCUT2D eigenvalue weighted by Gasteiger charge is 2.18. The van der Waals surface area contributed by atoms with Crippen molar-refractivity contribution >= 4 is 46.1 Å². The Hall–Kier alpha value is -0.950. The Labute approximate surface area is 126 Å². The minimum Gasteiger partial charge on any atom is -0.327 e. The van der Waals surface area contributed by atoms with Gasteiger partial charge in [-0.05, 0) is 18.4 Å². The van der Waals surface area contributed by atoms with Crippen molar-refractivity contribution in [1.82, 2.24) is 4.98 Å². The zero-order valence-corrected chi connectivity index (χ0v) is 13.1. The number of carbonyl (C=O) groups is 1. The largest absolute Gasteiger partial charge is 0.327 e. The number of aromatic nitrogens is 1. The van der Waals surface area contributed by atoms with Crippen LogP contribution in [0.4, 0.5) is 5.13 Å². The summed E-state index contributed by atoms with van der Waals surface area (Å²) in [4.78, 5) is 17.3. The summed E-state index contributed by atoms with van der Waals surface area (Å²) in [7, 11) is 0. The predicted octanol–water partition coefficient (Wildman–Crippen LogP) is 3.22. The summed E-state index contributed by atoms with van der Waals surface area (Å²) in [5.74, 6) is -0.309. The number of nitrogens with one attached hydrogen (secondary N) is 1. The zero-order chi connectivity index (χ0) is 13.1. The fraction of sp³-hybridized carbons (Fsp3) is 0.333. The van der Waals surface area contributed by atoms with Crippen LogP contribution in [0.25, 0.3) is 10.6 Å². The highest BCUT2D eigenvalue weighted by atomic mass is 35.5. The van der Waals surface area contributed by atoms with E-state index in [4.69, 9.17) is 5.73 Å². The van der Waals surface area contributed by atoms with E-state index in [9.17, 15) is 4.79 Å². The van der Waals surface area contributed by atoms with Crippen LogP contribution in [0.5, 0.6) is 0 Å². The summed E-state index contributed by atoms with van der Waals surface area (Å²) < 4.78 is 0. The molecular formula is C12H16ClN3OS2. The number of halogens is 1. The van der Waals surface area contributed by atoms with Crippen molar-refractivity contribution < 1.29 is 4.79 Å². The third-order valence-electron chi connectivity index (χ3n) is 2.71. The molecule has 104 valence electrons. The van der Waals surface area contributed by atoms with Gasteiger partial charge < -0.3 is 11.1 Å². The Morgan fingerprint density at radius 3 is 2.74 bits per heavy atom. The number of thiophene rings is 1. The van der Waals surface area contributed by atoms with E-state index in [0.29, 0.717) is 5.13 Å². The predicted molar refractivity (Wildman–Crippen MR) is 84.1 cm³/mol. The molecule has 7 heteroatoms. The molecule has 0 fully saturated rings. The zero-order valence-electron chi connectivity index (χ0n) is 10.6. The Balaban J connectivity index is 0.00000180. The fourth-order valence-electron chi connectivity index (χ4n) is 1.33. The van der Waals surface area contributed by atoms with E-state index < -0.39 is 0 Å². The third-order valence-corrected chi connectivity index (χ3v) is 4.36. The van der Waals surface area contributed by atoms with E-state index in [0.717, 1.165) is 10.6 Å². The molecule has 4 nitrogen and oxygen atoms in total. The van der Waals surface area contributed by atoms with Gasteiger partial charge in [-0.2, -0.15) is 0 Å². The molecular weight excluding hydrogens is 302 g/mol. The number of thiazole rings is 1. The summed E-state index contributed by atoms with van der Waals surface area (Å²) in [5, 5.41) is 7.37. The summed E-state index contributed by atoms with van der Waals surface area (Å²) in [6.07, 6.45) is 0. The molecule has 3 N–H and O–H groups in total. The first-order valence-electron chi connectivity index (χ1n) is 5.64. The Morgan fingerprint density at radius 1 is 1.42 bits per heavy atom. The van der Waals surface area contributed by atoms with Crippen molar-refractivity contribution in [2.75, 3.05) is 5.32 Å². The molecule has 1 amide bonds. The lowest BCUT2D eigenvalue weighted by Crippen LogP contribution is -2.34. The number of anilines is 1. The van der Waals surface area contributed by atoms with Gasteiger partial charge in [-0.1, -0.05) is 13.0 Å². The third kappa shape index (κ3) is 4.01. The summed E-state index contributed by atoms with van der Waals surface area (Å²) >= 11 is 3.06. The van der Waals surface area contributed by atoms with E-state index in [1.54, 1.807) is 11.3 Å². The van der Waals surface area contributed by atoms with Crippen molar-refractivity contribution in [1.29, 1.82) is 0 Å². The Bertz CT molecular complexity index is 525. The molecule has 0 radical (unpaired) electrons. The van der Waals surface area contributed by atoms with Gasteiger partial charge >= 0.3 is 0 Å². The van der Waals surface area contributed by atoms with Gasteiger partial charge in [0.25, 0.3) is 0 Å². The van der Waals surface area contributed by atoms with Gasteiger partial charge in [-0.3, -0.25) is 4.79 Å². The van der Waals surface area contributed by atoms with E-state index in [-0.39, 0.29) is 30.3 Å². The van der Waals surface area contributed by atoms with E-state index in [1.807, 2.05) is 36.7 Å². The molecule has 2 heterocycles. The molecule has 0 aliphatic heterocycles. The number of rotatable bonds is 4. The average molecular weight is 318 g/mol. The van der Waals surface area contributed by atoms with E-state index in [2.05, 4.69) is 10.3 Å². The molecule has 0 saturated carbocycles. The quantitative estimate of drug-likeness (QED) is 0.909. The molecule has 0 saturated heterocycles. The average Bonchev–Trinajstić information content (AvgIpc) is 2.96. The van der Waals surface area contributed by atoms with Gasteiger partial charge in [-0.25, -0.2) is 4.98 Å². The summed E-state index contributed by atoms with van der Waals surface area (Å²) in [6.45, 7) is 3.64. The topological polar surface area (TPSA) is 68.0 Å². The van der Waals surface area contributed by atoms with Crippen LogP contribution in [-0.4, -0.2) is 16.9 Å². The monoisotopic (exact) mass is 317 g/mol. The number of hydrogen-bond donors (Lipinski definition) is 2. The minimum absolute atomic E-state index is 0. The molecule has 0 bridgehead atoms. The first kappa shape index (κ1) is 16.1. The lowest BCUT2D eigenvalue weighted by atomic mass is 10.0. The van der Waals surface area contributed by atoms with Crippen LogP contribution in [0.3, 0.4) is 0 Å². The molecule has 0 aliphatic carbocycles. The van der Waals surface area contributed by atoms with Crippen LogP contribution in [-0.2, 0) is 4.79 Å². The maximum absolute atomic E-state index is 11.8. The maximum atomic E-state index is 11.8. The van der Waals surface area contributed by atoms with Crippen molar-refractivity contribution in [3.05, 3.63) is 22.9 Å². The fourth-order valence-corrected chi connectivity index (χ4v) is 2.80. The van der Waals surface area contributed by atoms with Crippen LogP contribution in [0.2, 0.25) is 0 Å². The summed E-state index contributed by atoms with van der Waals surface area (Å²) in [6, 6.07) is 3.83. The molecule has 0 aliphatic rings. The van der Waals surface area contributed by atoms with Gasteiger partial charge in [0.05, 0.1) is 16.5 Å². The number of nitrogens with zero attached hydrogens (tertiary/aromatic N) is 1. The summed E-state index contributed by atoms with van der Waals surface area (Å²) in [5.41, 5.74) is 6.60. The molecule has 2 aromatic heterocycles. The van der Waals surface area contributed by atoms with Gasteiger partial charge in [0, 0.05) is 11.4 Å². The van der Waals surface area contributed by atoms with E-state index in [1.165, 1.54) is 11.3 Å². The standard InChI is InChI=1S/C12H15N3OS2.ClH/c1-7(8(2)13)11(16)15-12-14-9(6-18-12)10-4-3-5-17-10;/h3-8H,13H2,1-2H3,(H,14,15,16);1H. The Kier molecular flexibility index (Phi) is 5.93. The van der Waals surface area contributed by atoms with Gasteiger partial charge in [-0.15, -0.1) is 35.1 Å². The van der Waals surface area contributed by atoms with Crippen molar-refractivity contribution in [3.63, 3.8) is 0 Å². The minimum atomic E-state index is -0.223. The number of hydrogen-bond acceptors (Lipinski definition) is 5. The smallest absolute Gasteiger partial charge is 0.230 e. The van der Waals surface area contributed by atoms with Crippen LogP contribution in [0.1, 0.15) is 13.8 Å². The van der Waals surface area contributed by atoms with Gasteiger partial charge in [0.15, 0.2) is 5.13 Å². The Morgan fingerprint density at radius 2 is 2.16 bits per heavy atom. The second-order valence-corrected chi connectivity index (χ2v) is 5.96. The van der Waals surface area contributed by atoms with Crippen LogP contribution in [0, 0.1) is 5.92 Å². The molecule has 2 rings (SSSR count). The van der Waals surface area contributed by atoms with Crippen LogP contribution >= 0.6 is 35.1 Å². The highest BCUT2D eigenvalue weighted by molar-refractivity contribution is 7.16. The molecule has 19 heavy (non-hydrogen) atoms. The van der Waals surface area contributed by atoms with E-state index >= 15 is 0 Å². The van der Waals surface area contributed by atoms with Gasteiger partial charge in [0.2, 0.25) is 5.91 Å². The molecule has 0 spiro atoms. The molecule has 0 aromatic carbocycles. The number of amides is 1. The number of nitrogens with two attached hydrogens (primary N) is 1. The maximum Gasteiger partial charge on any atom is 0.230 e. The normalized spacial score (nSPS) is 13.4. The second kappa shape index (κ2) is 7.00. The lowest BCUT2D eigenvalue weighted by Gasteiger charge is -2.13. The highest BCUT2D eigenvalue weighted by Crippen LogP contribution is 2.28. The number of carbonyl (C=O) groups excluding carboxylic acids is 1. The first-order chi connectivity index (χ1) is 8.58. The second-order valence-electron chi connectivity index (χ2n) is 4.15.